The van der Waals surface area contributed by atoms with E-state index >= 15 is 0 Å². The molecule has 4 rings (SSSR count). The number of ether oxygens (including phenoxy) is 1. The summed E-state index contributed by atoms with van der Waals surface area (Å²) in [5.74, 6) is -0.914. The molecule has 3 aromatic rings. The van der Waals surface area contributed by atoms with Crippen LogP contribution in [0, 0.1) is 12.8 Å². The molecule has 0 radical (unpaired) electrons. The predicted molar refractivity (Wildman–Crippen MR) is 104 cm³/mol. The molecule has 1 fully saturated rings. The van der Waals surface area contributed by atoms with E-state index in [1.807, 2.05) is 43.7 Å². The number of benzene rings is 1. The van der Waals surface area contributed by atoms with Crippen LogP contribution in [0.2, 0.25) is 5.02 Å². The molecule has 1 N–H and O–H groups in total. The minimum Gasteiger partial charge on any atom is -0.462 e. The molecule has 1 aliphatic rings. The fraction of sp³-hybridized carbons (Fsp3) is 0.238. The van der Waals surface area contributed by atoms with Crippen LogP contribution in [0.5, 0.6) is 0 Å². The van der Waals surface area contributed by atoms with Gasteiger partial charge in [-0.3, -0.25) is 4.98 Å². The van der Waals surface area contributed by atoms with E-state index in [4.69, 9.17) is 16.3 Å². The molecule has 1 saturated heterocycles. The maximum Gasteiger partial charge on any atom is 0.333 e. The lowest BCUT2D eigenvalue weighted by molar-refractivity contribution is -0.135. The Morgan fingerprint density at radius 1 is 1.41 bits per heavy atom. The van der Waals surface area contributed by atoms with Gasteiger partial charge in [-0.15, -0.1) is 0 Å². The van der Waals surface area contributed by atoms with Crippen LogP contribution < -0.4 is 0 Å². The highest BCUT2D eigenvalue weighted by molar-refractivity contribution is 6.31. The summed E-state index contributed by atoms with van der Waals surface area (Å²) in [4.78, 5) is 15.9. The van der Waals surface area contributed by atoms with Gasteiger partial charge in [0.25, 0.3) is 0 Å². The van der Waals surface area contributed by atoms with E-state index < -0.39 is 18.0 Å². The number of aliphatic hydroxyl groups is 1. The molecule has 2 atom stereocenters. The number of aliphatic hydroxyl groups excluding tert-OH is 1. The van der Waals surface area contributed by atoms with Gasteiger partial charge in [0.15, 0.2) is 0 Å². The molecule has 0 saturated carbocycles. The van der Waals surface area contributed by atoms with Crippen LogP contribution >= 0.6 is 11.6 Å². The van der Waals surface area contributed by atoms with E-state index in [1.54, 1.807) is 0 Å². The van der Waals surface area contributed by atoms with E-state index in [0.29, 0.717) is 22.7 Å². The lowest BCUT2D eigenvalue weighted by Gasteiger charge is -2.15. The molecule has 0 amide bonds. The van der Waals surface area contributed by atoms with Gasteiger partial charge >= 0.3 is 5.97 Å². The van der Waals surface area contributed by atoms with Crippen molar-refractivity contribution < 1.29 is 14.6 Å². The third-order valence-electron chi connectivity index (χ3n) is 4.96. The Bertz CT molecular complexity index is 1060. The summed E-state index contributed by atoms with van der Waals surface area (Å²) in [7, 11) is 0. The van der Waals surface area contributed by atoms with Crippen molar-refractivity contribution in [3.8, 4) is 0 Å². The highest BCUT2D eigenvalue weighted by Crippen LogP contribution is 2.37. The molecule has 0 bridgehead atoms. The average Bonchev–Trinajstić information content (AvgIpc) is 3.15. The van der Waals surface area contributed by atoms with Crippen LogP contribution in [0.3, 0.4) is 0 Å². The zero-order valence-corrected chi connectivity index (χ0v) is 15.6. The molecular formula is C21H19ClN2O3. The number of hydrogen-bond donors (Lipinski definition) is 1. The summed E-state index contributed by atoms with van der Waals surface area (Å²) in [6, 6.07) is 7.67. The first-order valence-corrected chi connectivity index (χ1v) is 9.04. The lowest BCUT2D eigenvalue weighted by Crippen LogP contribution is -2.14. The minimum atomic E-state index is -0.901. The van der Waals surface area contributed by atoms with Gasteiger partial charge in [-0.2, -0.15) is 0 Å². The molecule has 6 heteroatoms. The van der Waals surface area contributed by atoms with Crippen LogP contribution in [-0.2, 0) is 16.1 Å². The Hall–Kier alpha value is -2.63. The smallest absolute Gasteiger partial charge is 0.333 e. The largest absolute Gasteiger partial charge is 0.462 e. The van der Waals surface area contributed by atoms with E-state index in [-0.39, 0.29) is 6.61 Å². The van der Waals surface area contributed by atoms with Crippen molar-refractivity contribution in [2.45, 2.75) is 19.6 Å². The molecule has 2 aromatic heterocycles. The van der Waals surface area contributed by atoms with Gasteiger partial charge in [0.1, 0.15) is 6.61 Å². The first-order valence-electron chi connectivity index (χ1n) is 8.67. The first kappa shape index (κ1) is 17.8. The normalized spacial score (nSPS) is 18.1. The number of rotatable bonds is 4. The predicted octanol–water partition coefficient (Wildman–Crippen LogP) is 3.81. The van der Waals surface area contributed by atoms with Crippen LogP contribution in [0.15, 0.2) is 55.0 Å². The molecule has 27 heavy (non-hydrogen) atoms. The number of carbonyl (C=O) groups is 1. The summed E-state index contributed by atoms with van der Waals surface area (Å²) in [5.41, 5.74) is 4.11. The number of pyridine rings is 1. The van der Waals surface area contributed by atoms with Gasteiger partial charge in [-0.1, -0.05) is 24.2 Å². The molecule has 0 spiro atoms. The second kappa shape index (κ2) is 6.83. The number of hydrogen-bond acceptors (Lipinski definition) is 4. The molecule has 138 valence electrons. The molecule has 1 aliphatic heterocycles. The van der Waals surface area contributed by atoms with E-state index in [0.717, 1.165) is 22.0 Å². The Kier molecular flexibility index (Phi) is 4.50. The molecule has 5 nitrogen and oxygen atoms in total. The Balaban J connectivity index is 1.78. The number of nitrogens with zero attached hydrogens (tertiary/aromatic N) is 2. The van der Waals surface area contributed by atoms with Crippen molar-refractivity contribution in [1.82, 2.24) is 9.55 Å². The van der Waals surface area contributed by atoms with Crippen molar-refractivity contribution in [3.63, 3.8) is 0 Å². The van der Waals surface area contributed by atoms with Gasteiger partial charge < -0.3 is 14.4 Å². The number of aryl methyl sites for hydroxylation is 1. The van der Waals surface area contributed by atoms with Crippen molar-refractivity contribution in [1.29, 1.82) is 0 Å². The third-order valence-corrected chi connectivity index (χ3v) is 5.20. The molecule has 0 aliphatic carbocycles. The SMILES string of the molecule is C=C1C(=O)OCC1C(O)c1cn(Cc2cncc(C)c2)c2ccc(Cl)cc12. The monoisotopic (exact) mass is 382 g/mol. The summed E-state index contributed by atoms with van der Waals surface area (Å²) in [6.45, 7) is 6.52. The third kappa shape index (κ3) is 3.24. The number of aromatic nitrogens is 2. The number of carbonyl (C=O) groups excluding carboxylic acids is 1. The van der Waals surface area contributed by atoms with Crippen molar-refractivity contribution in [2.24, 2.45) is 5.92 Å². The van der Waals surface area contributed by atoms with Crippen molar-refractivity contribution >= 4 is 28.5 Å². The topological polar surface area (TPSA) is 64.3 Å². The zero-order valence-electron chi connectivity index (χ0n) is 14.9. The quantitative estimate of drug-likeness (QED) is 0.550. The van der Waals surface area contributed by atoms with E-state index in [9.17, 15) is 9.90 Å². The summed E-state index contributed by atoms with van der Waals surface area (Å²) in [6.07, 6.45) is 4.65. The molecular weight excluding hydrogens is 364 g/mol. The second-order valence-electron chi connectivity index (χ2n) is 6.92. The first-order chi connectivity index (χ1) is 12.9. The maximum atomic E-state index is 11.7. The zero-order chi connectivity index (χ0) is 19.1. The van der Waals surface area contributed by atoms with Gasteiger partial charge in [0, 0.05) is 52.2 Å². The van der Waals surface area contributed by atoms with Gasteiger partial charge in [-0.05, 0) is 36.2 Å². The molecule has 1 aromatic carbocycles. The highest BCUT2D eigenvalue weighted by Gasteiger charge is 2.36. The molecule has 3 heterocycles. The Morgan fingerprint density at radius 3 is 2.93 bits per heavy atom. The Labute approximate surface area is 161 Å². The van der Waals surface area contributed by atoms with Crippen LogP contribution in [0.25, 0.3) is 10.9 Å². The average molecular weight is 383 g/mol. The van der Waals surface area contributed by atoms with Gasteiger partial charge in [0.05, 0.1) is 12.0 Å². The summed E-state index contributed by atoms with van der Waals surface area (Å²) in [5, 5.41) is 12.4. The number of halogens is 1. The fourth-order valence-electron chi connectivity index (χ4n) is 3.57. The van der Waals surface area contributed by atoms with Crippen LogP contribution in [0.1, 0.15) is 22.8 Å². The van der Waals surface area contributed by atoms with Gasteiger partial charge in [0.2, 0.25) is 0 Å². The standard InChI is InChI=1S/C21H19ClN2O3/c1-12-5-14(8-23-7-12)9-24-10-17(16-6-15(22)3-4-19(16)24)20(25)18-11-27-21(26)13(18)2/h3-8,10,18,20,25H,2,9,11H2,1H3. The minimum absolute atomic E-state index is 0.133. The second-order valence-corrected chi connectivity index (χ2v) is 7.36. The van der Waals surface area contributed by atoms with Crippen molar-refractivity contribution in [3.05, 3.63) is 76.7 Å². The van der Waals surface area contributed by atoms with Crippen LogP contribution in [0.4, 0.5) is 0 Å². The van der Waals surface area contributed by atoms with Crippen molar-refractivity contribution in [2.75, 3.05) is 6.61 Å². The number of fused-ring (bicyclic) bond motifs is 1. The van der Waals surface area contributed by atoms with E-state index in [2.05, 4.69) is 22.2 Å². The lowest BCUT2D eigenvalue weighted by atomic mass is 9.92. The maximum absolute atomic E-state index is 11.7. The fourth-order valence-corrected chi connectivity index (χ4v) is 3.74. The van der Waals surface area contributed by atoms with E-state index in [1.165, 1.54) is 0 Å². The summed E-state index contributed by atoms with van der Waals surface area (Å²) < 4.78 is 7.09. The highest BCUT2D eigenvalue weighted by atomic mass is 35.5. The molecule has 2 unspecified atom stereocenters. The Morgan fingerprint density at radius 2 is 2.22 bits per heavy atom. The number of esters is 1. The van der Waals surface area contributed by atoms with Gasteiger partial charge in [-0.25, -0.2) is 4.79 Å². The summed E-state index contributed by atoms with van der Waals surface area (Å²) >= 11 is 6.20. The van der Waals surface area contributed by atoms with Crippen LogP contribution in [-0.4, -0.2) is 27.2 Å². The number of cyclic esters (lactones) is 1.